The quantitative estimate of drug-likeness (QED) is 0.472. The van der Waals surface area contributed by atoms with E-state index >= 15 is 0 Å². The van der Waals surface area contributed by atoms with E-state index in [9.17, 15) is 22.8 Å². The molecule has 1 saturated heterocycles. The van der Waals surface area contributed by atoms with Gasteiger partial charge in [-0.2, -0.15) is 0 Å². The molecule has 192 valence electrons. The summed E-state index contributed by atoms with van der Waals surface area (Å²) in [6.45, 7) is 5.14. The number of nitrogens with zero attached hydrogens (tertiary/aromatic N) is 3. The van der Waals surface area contributed by atoms with Crippen molar-refractivity contribution in [1.82, 2.24) is 9.88 Å². The number of pyridine rings is 1. The molecule has 3 aromatic rings. The summed E-state index contributed by atoms with van der Waals surface area (Å²) in [5, 5.41) is 0. The van der Waals surface area contributed by atoms with Crippen LogP contribution < -0.4 is 9.64 Å². The van der Waals surface area contributed by atoms with Gasteiger partial charge in [-0.05, 0) is 62.6 Å². The number of likely N-dealkylation sites (tertiary alicyclic amines) is 1. The predicted octanol–water partition coefficient (Wildman–Crippen LogP) is 5.43. The molecule has 6 nitrogen and oxygen atoms in total. The molecule has 0 atom stereocenters. The Balaban J connectivity index is 1.42. The molecule has 2 aliphatic heterocycles. The molecule has 2 amide bonds. The van der Waals surface area contributed by atoms with Gasteiger partial charge in [0.15, 0.2) is 0 Å². The second kappa shape index (κ2) is 9.21. The zero-order valence-electron chi connectivity index (χ0n) is 20.5. The largest absolute Gasteiger partial charge is 0.573 e. The lowest BCUT2D eigenvalue weighted by molar-refractivity contribution is -0.274. The highest BCUT2D eigenvalue weighted by molar-refractivity contribution is 6.09. The molecule has 0 unspecified atom stereocenters. The first-order chi connectivity index (χ1) is 17.6. The van der Waals surface area contributed by atoms with Crippen molar-refractivity contribution in [3.8, 4) is 5.75 Å². The minimum atomic E-state index is -4.91. The zero-order valence-corrected chi connectivity index (χ0v) is 20.5. The Labute approximate surface area is 212 Å². The van der Waals surface area contributed by atoms with Gasteiger partial charge in [0, 0.05) is 42.6 Å². The number of benzene rings is 2. The van der Waals surface area contributed by atoms with Crippen LogP contribution in [0.1, 0.15) is 50.4 Å². The molecule has 0 radical (unpaired) electrons. The van der Waals surface area contributed by atoms with Gasteiger partial charge in [0.05, 0.1) is 11.1 Å². The monoisotopic (exact) mass is 509 g/mol. The average molecular weight is 510 g/mol. The normalized spacial score (nSPS) is 16.6. The minimum absolute atomic E-state index is 0.0871. The van der Waals surface area contributed by atoms with E-state index < -0.39 is 23.4 Å². The Kier molecular flexibility index (Phi) is 6.17. The van der Waals surface area contributed by atoms with Crippen molar-refractivity contribution >= 4 is 17.5 Å². The second-order valence-electron chi connectivity index (χ2n) is 9.72. The molecule has 9 heteroatoms. The smallest absolute Gasteiger partial charge is 0.405 e. The van der Waals surface area contributed by atoms with Crippen molar-refractivity contribution < 1.29 is 27.5 Å². The number of rotatable bonds is 3. The van der Waals surface area contributed by atoms with E-state index in [-0.39, 0.29) is 11.5 Å². The van der Waals surface area contributed by atoms with Gasteiger partial charge in [0.2, 0.25) is 0 Å². The maximum Gasteiger partial charge on any atom is 0.573 e. The van der Waals surface area contributed by atoms with Gasteiger partial charge in [0.25, 0.3) is 11.8 Å². The number of fused-ring (bicyclic) bond motifs is 2. The first kappa shape index (κ1) is 24.8. The number of carbonyl (C=O) groups is 2. The lowest BCUT2D eigenvalue weighted by atomic mass is 9.74. The van der Waals surface area contributed by atoms with Crippen LogP contribution in [0.15, 0.2) is 60.8 Å². The molecule has 0 N–H and O–H groups in total. The van der Waals surface area contributed by atoms with Gasteiger partial charge in [0.1, 0.15) is 5.75 Å². The third-order valence-corrected chi connectivity index (χ3v) is 7.23. The fourth-order valence-corrected chi connectivity index (χ4v) is 5.31. The van der Waals surface area contributed by atoms with Crippen LogP contribution in [0.4, 0.5) is 18.9 Å². The summed E-state index contributed by atoms with van der Waals surface area (Å²) in [5.41, 5.74) is 3.50. The number of amides is 2. The van der Waals surface area contributed by atoms with Gasteiger partial charge in [-0.25, -0.2) is 0 Å². The molecule has 2 aliphatic rings. The maximum absolute atomic E-state index is 13.6. The van der Waals surface area contributed by atoms with Crippen molar-refractivity contribution in [3.63, 3.8) is 0 Å². The van der Waals surface area contributed by atoms with E-state index in [1.807, 2.05) is 32.0 Å². The van der Waals surface area contributed by atoms with Crippen LogP contribution in [0.5, 0.6) is 5.75 Å². The first-order valence-electron chi connectivity index (χ1n) is 12.1. The first-order valence-corrected chi connectivity index (χ1v) is 12.1. The fourth-order valence-electron chi connectivity index (χ4n) is 5.31. The molecule has 5 rings (SSSR count). The zero-order chi connectivity index (χ0) is 26.4. The number of carbonyl (C=O) groups excluding carboxylic acids is 2. The number of halogens is 3. The molecule has 0 saturated carbocycles. The Morgan fingerprint density at radius 3 is 2.38 bits per heavy atom. The van der Waals surface area contributed by atoms with E-state index in [1.54, 1.807) is 28.1 Å². The van der Waals surface area contributed by atoms with Gasteiger partial charge >= 0.3 is 6.36 Å². The predicted molar refractivity (Wildman–Crippen MR) is 132 cm³/mol. The summed E-state index contributed by atoms with van der Waals surface area (Å²) in [4.78, 5) is 34.2. The number of hydrogen-bond acceptors (Lipinski definition) is 4. The van der Waals surface area contributed by atoms with Gasteiger partial charge in [-0.15, -0.1) is 13.2 Å². The Bertz CT molecular complexity index is 1350. The number of ether oxygens (including phenoxy) is 1. The van der Waals surface area contributed by atoms with Gasteiger partial charge < -0.3 is 14.5 Å². The van der Waals surface area contributed by atoms with Crippen LogP contribution in [0.2, 0.25) is 0 Å². The molecular formula is C28H26F3N3O3. The number of aromatic nitrogens is 1. The SMILES string of the molecule is Cc1ccc2c(c1)C1(CCN(C(=O)c3ccc(C)nc3)CC1)CN2C(=O)c1ccccc1OC(F)(F)F. The third-order valence-electron chi connectivity index (χ3n) is 7.23. The number of piperidine rings is 1. The van der Waals surface area contributed by atoms with E-state index in [0.29, 0.717) is 43.7 Å². The lowest BCUT2D eigenvalue weighted by Gasteiger charge is -2.40. The number of anilines is 1. The van der Waals surface area contributed by atoms with Crippen LogP contribution >= 0.6 is 0 Å². The van der Waals surface area contributed by atoms with E-state index in [2.05, 4.69) is 9.72 Å². The molecule has 1 spiro atoms. The maximum atomic E-state index is 13.6. The third kappa shape index (κ3) is 4.77. The Morgan fingerprint density at radius 1 is 0.973 bits per heavy atom. The summed E-state index contributed by atoms with van der Waals surface area (Å²) in [6, 6.07) is 14.8. The van der Waals surface area contributed by atoms with Crippen LogP contribution in [0, 0.1) is 13.8 Å². The molecule has 1 aromatic heterocycles. The molecule has 0 aliphatic carbocycles. The Hall–Kier alpha value is -3.88. The highest BCUT2D eigenvalue weighted by atomic mass is 19.4. The molecule has 3 heterocycles. The second-order valence-corrected chi connectivity index (χ2v) is 9.72. The Morgan fingerprint density at radius 2 is 1.70 bits per heavy atom. The summed E-state index contributed by atoms with van der Waals surface area (Å²) in [5.74, 6) is -1.16. The van der Waals surface area contributed by atoms with Crippen LogP contribution in [0.25, 0.3) is 0 Å². The van der Waals surface area contributed by atoms with E-state index in [1.165, 1.54) is 18.2 Å². The van der Waals surface area contributed by atoms with E-state index in [0.717, 1.165) is 22.9 Å². The minimum Gasteiger partial charge on any atom is -0.405 e. The summed E-state index contributed by atoms with van der Waals surface area (Å²) < 4.78 is 43.1. The van der Waals surface area contributed by atoms with Crippen molar-refractivity contribution in [2.24, 2.45) is 0 Å². The highest BCUT2D eigenvalue weighted by Crippen LogP contribution is 2.48. The van der Waals surface area contributed by atoms with Crippen molar-refractivity contribution in [2.45, 2.75) is 38.5 Å². The molecule has 1 fully saturated rings. The lowest BCUT2D eigenvalue weighted by Crippen LogP contribution is -2.48. The molecular weight excluding hydrogens is 483 g/mol. The average Bonchev–Trinajstić information content (AvgIpc) is 3.16. The standard InChI is InChI=1S/C28H26F3N3O3/c1-18-7-10-23-22(15-18)27(11-13-33(14-12-27)25(35)20-9-8-19(2)32-16-20)17-34(23)26(36)21-5-3-4-6-24(21)37-28(29,30)31/h3-10,15-16H,11-14,17H2,1-2H3. The van der Waals surface area contributed by atoms with Gasteiger partial charge in [-0.1, -0.05) is 29.8 Å². The molecule has 2 aromatic carbocycles. The number of aryl methyl sites for hydroxylation is 2. The van der Waals surface area contributed by atoms with Crippen LogP contribution in [-0.4, -0.2) is 47.7 Å². The molecule has 37 heavy (non-hydrogen) atoms. The topological polar surface area (TPSA) is 62.7 Å². The van der Waals surface area contributed by atoms with Crippen molar-refractivity contribution in [3.05, 3.63) is 88.7 Å². The van der Waals surface area contributed by atoms with Crippen molar-refractivity contribution in [1.29, 1.82) is 0 Å². The van der Waals surface area contributed by atoms with Crippen molar-refractivity contribution in [2.75, 3.05) is 24.5 Å². The van der Waals surface area contributed by atoms with Gasteiger partial charge in [-0.3, -0.25) is 14.6 Å². The summed E-state index contributed by atoms with van der Waals surface area (Å²) in [6.07, 6.45) is -2.08. The number of alkyl halides is 3. The summed E-state index contributed by atoms with van der Waals surface area (Å²) >= 11 is 0. The van der Waals surface area contributed by atoms with E-state index in [4.69, 9.17) is 0 Å². The summed E-state index contributed by atoms with van der Waals surface area (Å²) in [7, 11) is 0. The highest BCUT2D eigenvalue weighted by Gasteiger charge is 2.47. The fraction of sp³-hybridized carbons (Fsp3) is 0.321. The van der Waals surface area contributed by atoms with Crippen LogP contribution in [0.3, 0.4) is 0 Å². The van der Waals surface area contributed by atoms with Crippen LogP contribution in [-0.2, 0) is 5.41 Å². The number of para-hydroxylation sites is 1. The molecule has 0 bridgehead atoms. The number of hydrogen-bond donors (Lipinski definition) is 0.